The van der Waals surface area contributed by atoms with E-state index in [2.05, 4.69) is 10.2 Å². The summed E-state index contributed by atoms with van der Waals surface area (Å²) in [5.41, 5.74) is 0. The van der Waals surface area contributed by atoms with Crippen molar-refractivity contribution in [3.63, 3.8) is 0 Å². The maximum Gasteiger partial charge on any atom is 0.239 e. The molecule has 0 aromatic carbocycles. The van der Waals surface area contributed by atoms with Crippen LogP contribution in [0.2, 0.25) is 0 Å². The van der Waals surface area contributed by atoms with Gasteiger partial charge in [-0.15, -0.1) is 0 Å². The molecule has 1 amide bonds. The van der Waals surface area contributed by atoms with Gasteiger partial charge < -0.3 is 15.1 Å². The predicted octanol–water partition coefficient (Wildman–Crippen LogP) is 0.539. The Morgan fingerprint density at radius 2 is 1.94 bits per heavy atom. The monoisotopic (exact) mass is 227 g/mol. The first-order valence-electron chi connectivity index (χ1n) is 6.28. The van der Waals surface area contributed by atoms with Gasteiger partial charge in [0, 0.05) is 26.2 Å². The minimum Gasteiger partial charge on any atom is -0.341 e. The van der Waals surface area contributed by atoms with E-state index in [9.17, 15) is 4.79 Å². The molecule has 1 heterocycles. The van der Waals surface area contributed by atoms with Gasteiger partial charge in [0.05, 0.1) is 6.04 Å². The normalized spacial score (nSPS) is 18.9. The van der Waals surface area contributed by atoms with E-state index in [0.29, 0.717) is 0 Å². The molecule has 1 fully saturated rings. The Morgan fingerprint density at radius 1 is 1.31 bits per heavy atom. The lowest BCUT2D eigenvalue weighted by molar-refractivity contribution is -0.133. The van der Waals surface area contributed by atoms with E-state index in [1.165, 1.54) is 6.42 Å². The van der Waals surface area contributed by atoms with Crippen molar-refractivity contribution < 1.29 is 4.79 Å². The highest BCUT2D eigenvalue weighted by atomic mass is 16.2. The van der Waals surface area contributed by atoms with Crippen LogP contribution in [0.4, 0.5) is 0 Å². The number of rotatable bonds is 5. The number of nitrogens with zero attached hydrogens (tertiary/aromatic N) is 2. The molecule has 4 heteroatoms. The number of nitrogens with one attached hydrogen (secondary N) is 1. The zero-order valence-corrected chi connectivity index (χ0v) is 10.8. The van der Waals surface area contributed by atoms with E-state index in [4.69, 9.17) is 0 Å². The minimum absolute atomic E-state index is 0.0435. The van der Waals surface area contributed by atoms with Gasteiger partial charge in [-0.05, 0) is 40.3 Å². The Bertz CT molecular complexity index is 212. The molecule has 0 aliphatic carbocycles. The molecule has 0 saturated carbocycles. The number of carbonyl (C=O) groups excluding carboxylic acids is 1. The summed E-state index contributed by atoms with van der Waals surface area (Å²) in [6, 6.07) is -0.0435. The van der Waals surface area contributed by atoms with Gasteiger partial charge in [-0.3, -0.25) is 4.79 Å². The van der Waals surface area contributed by atoms with Crippen LogP contribution in [-0.2, 0) is 4.79 Å². The second-order valence-corrected chi connectivity index (χ2v) is 4.87. The fourth-order valence-electron chi connectivity index (χ4n) is 1.98. The van der Waals surface area contributed by atoms with Crippen molar-refractivity contribution >= 4 is 5.91 Å². The van der Waals surface area contributed by atoms with Gasteiger partial charge in [-0.1, -0.05) is 0 Å². The van der Waals surface area contributed by atoms with Crippen LogP contribution < -0.4 is 5.32 Å². The van der Waals surface area contributed by atoms with Crippen molar-refractivity contribution in [2.45, 2.75) is 32.2 Å². The second-order valence-electron chi connectivity index (χ2n) is 4.87. The summed E-state index contributed by atoms with van der Waals surface area (Å²) in [4.78, 5) is 16.1. The van der Waals surface area contributed by atoms with Crippen molar-refractivity contribution in [2.75, 3.05) is 40.3 Å². The van der Waals surface area contributed by atoms with Crippen LogP contribution >= 0.6 is 0 Å². The molecule has 0 spiro atoms. The van der Waals surface area contributed by atoms with Gasteiger partial charge in [0.25, 0.3) is 0 Å². The molecule has 1 aliphatic rings. The van der Waals surface area contributed by atoms with Crippen LogP contribution in [0.15, 0.2) is 0 Å². The Morgan fingerprint density at radius 3 is 2.50 bits per heavy atom. The molecule has 1 N–H and O–H groups in total. The summed E-state index contributed by atoms with van der Waals surface area (Å²) in [6.45, 7) is 5.69. The van der Waals surface area contributed by atoms with Gasteiger partial charge >= 0.3 is 0 Å². The van der Waals surface area contributed by atoms with Crippen LogP contribution in [0.5, 0.6) is 0 Å². The molecule has 4 nitrogen and oxygen atoms in total. The number of likely N-dealkylation sites (tertiary alicyclic amines) is 1. The van der Waals surface area contributed by atoms with Crippen molar-refractivity contribution in [1.82, 2.24) is 15.1 Å². The number of likely N-dealkylation sites (N-methyl/N-ethyl adjacent to an activating group) is 1. The second kappa shape index (κ2) is 6.86. The van der Waals surface area contributed by atoms with Crippen molar-refractivity contribution in [3.05, 3.63) is 0 Å². The average Bonchev–Trinajstić information content (AvgIpc) is 2.28. The van der Waals surface area contributed by atoms with E-state index in [0.717, 1.165) is 39.0 Å². The fraction of sp³-hybridized carbons (Fsp3) is 0.917. The van der Waals surface area contributed by atoms with Gasteiger partial charge in [-0.2, -0.15) is 0 Å². The number of piperidine rings is 1. The molecule has 0 radical (unpaired) electrons. The summed E-state index contributed by atoms with van der Waals surface area (Å²) in [5.74, 6) is 0.262. The van der Waals surface area contributed by atoms with Crippen molar-refractivity contribution in [3.8, 4) is 0 Å². The summed E-state index contributed by atoms with van der Waals surface area (Å²) in [5, 5.41) is 3.28. The lowest BCUT2D eigenvalue weighted by Gasteiger charge is -2.29. The van der Waals surface area contributed by atoms with Crippen LogP contribution in [0.3, 0.4) is 0 Å². The topological polar surface area (TPSA) is 35.6 Å². The van der Waals surface area contributed by atoms with E-state index < -0.39 is 0 Å². The van der Waals surface area contributed by atoms with E-state index in [1.54, 1.807) is 0 Å². The molecule has 1 atom stereocenters. The Hall–Kier alpha value is -0.610. The van der Waals surface area contributed by atoms with E-state index in [-0.39, 0.29) is 11.9 Å². The highest BCUT2D eigenvalue weighted by molar-refractivity contribution is 5.81. The maximum atomic E-state index is 12.0. The maximum absolute atomic E-state index is 12.0. The lowest BCUT2D eigenvalue weighted by atomic mass is 10.1. The zero-order chi connectivity index (χ0) is 12.0. The Labute approximate surface area is 99.0 Å². The molecule has 0 aromatic rings. The highest BCUT2D eigenvalue weighted by Gasteiger charge is 2.21. The molecule has 1 aliphatic heterocycles. The Kier molecular flexibility index (Phi) is 5.77. The third-order valence-corrected chi connectivity index (χ3v) is 3.05. The molecule has 16 heavy (non-hydrogen) atoms. The summed E-state index contributed by atoms with van der Waals surface area (Å²) < 4.78 is 0. The predicted molar refractivity (Wildman–Crippen MR) is 66.4 cm³/mol. The molecule has 1 rings (SSSR count). The number of amides is 1. The van der Waals surface area contributed by atoms with Crippen LogP contribution in [0.25, 0.3) is 0 Å². The first-order valence-corrected chi connectivity index (χ1v) is 6.28. The zero-order valence-electron chi connectivity index (χ0n) is 10.8. The first kappa shape index (κ1) is 13.5. The van der Waals surface area contributed by atoms with Crippen molar-refractivity contribution in [1.29, 1.82) is 0 Å². The third-order valence-electron chi connectivity index (χ3n) is 3.05. The highest BCUT2D eigenvalue weighted by Crippen LogP contribution is 2.09. The largest absolute Gasteiger partial charge is 0.341 e. The number of carbonyl (C=O) groups is 1. The summed E-state index contributed by atoms with van der Waals surface area (Å²) >= 11 is 0. The lowest BCUT2D eigenvalue weighted by Crippen LogP contribution is -2.47. The van der Waals surface area contributed by atoms with Gasteiger partial charge in [0.1, 0.15) is 0 Å². The fourth-order valence-corrected chi connectivity index (χ4v) is 1.98. The van der Waals surface area contributed by atoms with Gasteiger partial charge in [0.2, 0.25) is 5.91 Å². The van der Waals surface area contributed by atoms with Crippen LogP contribution in [0, 0.1) is 0 Å². The number of hydrogen-bond donors (Lipinski definition) is 1. The Balaban J connectivity index is 2.23. The molecular formula is C12H25N3O. The molecular weight excluding hydrogens is 202 g/mol. The number of hydrogen-bond acceptors (Lipinski definition) is 3. The molecule has 1 unspecified atom stereocenters. The smallest absolute Gasteiger partial charge is 0.239 e. The first-order chi connectivity index (χ1) is 7.61. The SMILES string of the molecule is CC(NCCN(C)C)C(=O)N1CCCCC1. The van der Waals surface area contributed by atoms with Crippen molar-refractivity contribution in [2.24, 2.45) is 0 Å². The van der Waals surface area contributed by atoms with E-state index in [1.807, 2.05) is 25.9 Å². The van der Waals surface area contributed by atoms with Crippen LogP contribution in [-0.4, -0.2) is 62.0 Å². The van der Waals surface area contributed by atoms with Crippen LogP contribution in [0.1, 0.15) is 26.2 Å². The minimum atomic E-state index is -0.0435. The third kappa shape index (κ3) is 4.49. The molecule has 94 valence electrons. The summed E-state index contributed by atoms with van der Waals surface area (Å²) in [6.07, 6.45) is 3.60. The standard InChI is InChI=1S/C12H25N3O/c1-11(13-7-10-14(2)3)12(16)15-8-5-4-6-9-15/h11,13H,4-10H2,1-3H3. The quantitative estimate of drug-likeness (QED) is 0.744. The van der Waals surface area contributed by atoms with Gasteiger partial charge in [-0.25, -0.2) is 0 Å². The van der Waals surface area contributed by atoms with Gasteiger partial charge in [0.15, 0.2) is 0 Å². The summed E-state index contributed by atoms with van der Waals surface area (Å²) in [7, 11) is 4.08. The molecule has 0 bridgehead atoms. The van der Waals surface area contributed by atoms with E-state index >= 15 is 0 Å². The molecule has 1 saturated heterocycles. The average molecular weight is 227 g/mol. The molecule has 0 aromatic heterocycles.